The molecule has 1 aromatic heterocycles. The molecule has 172 valence electrons. The van der Waals surface area contributed by atoms with Crippen molar-refractivity contribution in [3.63, 3.8) is 0 Å². The summed E-state index contributed by atoms with van der Waals surface area (Å²) >= 11 is 5.99. The third kappa shape index (κ3) is 4.35. The molecule has 3 heterocycles. The Kier molecular flexibility index (Phi) is 5.84. The second-order valence-electron chi connectivity index (χ2n) is 8.40. The Morgan fingerprint density at radius 2 is 1.91 bits per heavy atom. The number of nitrogens with one attached hydrogen (secondary N) is 1. The molecular formula is C23H24ClN5O3S. The van der Waals surface area contributed by atoms with Gasteiger partial charge in [0.1, 0.15) is 12.2 Å². The third-order valence-corrected chi connectivity index (χ3v) is 8.37. The highest BCUT2D eigenvalue weighted by molar-refractivity contribution is 7.91. The second kappa shape index (κ2) is 8.79. The van der Waals surface area contributed by atoms with E-state index < -0.39 is 9.84 Å². The van der Waals surface area contributed by atoms with Crippen LogP contribution in [-0.2, 0) is 16.4 Å². The minimum Gasteiger partial charge on any atom is -0.331 e. The van der Waals surface area contributed by atoms with E-state index in [0.717, 1.165) is 24.2 Å². The number of fused-ring (bicyclic) bond motifs is 1. The van der Waals surface area contributed by atoms with Crippen molar-refractivity contribution in [1.82, 2.24) is 25.0 Å². The zero-order valence-corrected chi connectivity index (χ0v) is 19.5. The van der Waals surface area contributed by atoms with Crippen molar-refractivity contribution < 1.29 is 13.2 Å². The Hall–Kier alpha value is -2.91. The predicted molar refractivity (Wildman–Crippen MR) is 124 cm³/mol. The molecule has 1 saturated heterocycles. The Bertz CT molecular complexity index is 1280. The number of sulfone groups is 1. The molecule has 10 heteroatoms. The van der Waals surface area contributed by atoms with Gasteiger partial charge in [-0.05, 0) is 48.6 Å². The number of benzene rings is 2. The molecule has 1 fully saturated rings. The molecule has 1 N–H and O–H groups in total. The number of amides is 2. The van der Waals surface area contributed by atoms with Crippen LogP contribution in [-0.4, -0.2) is 46.4 Å². The van der Waals surface area contributed by atoms with Gasteiger partial charge in [-0.15, -0.1) is 0 Å². The number of hydrogen-bond donors (Lipinski definition) is 1. The second-order valence-corrected chi connectivity index (χ2v) is 10.9. The zero-order valence-electron chi connectivity index (χ0n) is 17.9. The van der Waals surface area contributed by atoms with Gasteiger partial charge in [0.05, 0.1) is 29.3 Å². The lowest BCUT2D eigenvalue weighted by atomic mass is 10.0. The summed E-state index contributed by atoms with van der Waals surface area (Å²) < 4.78 is 26.7. The molecule has 0 saturated carbocycles. The monoisotopic (exact) mass is 485 g/mol. The molecule has 8 nitrogen and oxygen atoms in total. The summed E-state index contributed by atoms with van der Waals surface area (Å²) in [6.07, 6.45) is 3.53. The largest absolute Gasteiger partial charge is 0.331 e. The Morgan fingerprint density at radius 3 is 2.73 bits per heavy atom. The number of aromatic nitrogens is 3. The minimum absolute atomic E-state index is 0.0216. The predicted octanol–water partition coefficient (Wildman–Crippen LogP) is 3.75. The first-order valence-electron chi connectivity index (χ1n) is 10.9. The number of nitrogens with zero attached hydrogens (tertiary/aromatic N) is 4. The van der Waals surface area contributed by atoms with Crippen molar-refractivity contribution >= 4 is 27.5 Å². The van der Waals surface area contributed by atoms with E-state index in [-0.39, 0.29) is 23.9 Å². The number of halogens is 1. The average Bonchev–Trinajstić information content (AvgIpc) is 3.47. The van der Waals surface area contributed by atoms with Crippen molar-refractivity contribution in [2.45, 2.75) is 42.8 Å². The van der Waals surface area contributed by atoms with Crippen LogP contribution in [0.2, 0.25) is 5.02 Å². The molecule has 2 amide bonds. The summed E-state index contributed by atoms with van der Waals surface area (Å²) in [5, 5.41) is 8.13. The normalized spacial score (nSPS) is 21.5. The number of carbonyl (C=O) groups is 1. The van der Waals surface area contributed by atoms with Crippen LogP contribution >= 0.6 is 11.6 Å². The molecule has 2 aliphatic heterocycles. The van der Waals surface area contributed by atoms with E-state index in [0.29, 0.717) is 35.0 Å². The molecule has 0 spiro atoms. The van der Waals surface area contributed by atoms with E-state index >= 15 is 0 Å². The smallest absolute Gasteiger partial charge is 0.318 e. The third-order valence-electron chi connectivity index (χ3n) is 6.31. The van der Waals surface area contributed by atoms with Crippen LogP contribution < -0.4 is 5.32 Å². The van der Waals surface area contributed by atoms with Gasteiger partial charge in [-0.2, -0.15) is 5.10 Å². The number of rotatable bonds is 4. The summed E-state index contributed by atoms with van der Waals surface area (Å²) in [6.45, 7) is 1.14. The Labute approximate surface area is 197 Å². The topological polar surface area (TPSA) is 97.2 Å². The zero-order chi connectivity index (χ0) is 23.0. The van der Waals surface area contributed by atoms with Gasteiger partial charge < -0.3 is 10.2 Å². The van der Waals surface area contributed by atoms with Gasteiger partial charge in [-0.1, -0.05) is 41.9 Å². The fraction of sp³-hybridized carbons (Fsp3) is 0.348. The van der Waals surface area contributed by atoms with E-state index in [1.54, 1.807) is 29.2 Å². The molecule has 1 unspecified atom stereocenters. The first kappa shape index (κ1) is 21.9. The van der Waals surface area contributed by atoms with E-state index in [2.05, 4.69) is 15.4 Å². The molecule has 5 rings (SSSR count). The van der Waals surface area contributed by atoms with Crippen LogP contribution in [0.5, 0.6) is 0 Å². The van der Waals surface area contributed by atoms with E-state index in [1.165, 1.54) is 6.33 Å². The number of hydrogen-bond acceptors (Lipinski definition) is 5. The number of urea groups is 1. The molecule has 2 atom stereocenters. The quantitative estimate of drug-likeness (QED) is 0.607. The van der Waals surface area contributed by atoms with Gasteiger partial charge in [-0.3, -0.25) is 0 Å². The van der Waals surface area contributed by atoms with Crippen LogP contribution in [0.4, 0.5) is 4.79 Å². The van der Waals surface area contributed by atoms with Crippen LogP contribution in [0, 0.1) is 0 Å². The Morgan fingerprint density at radius 1 is 1.12 bits per heavy atom. The van der Waals surface area contributed by atoms with Crippen LogP contribution in [0.1, 0.15) is 48.3 Å². The minimum atomic E-state index is -3.31. The number of likely N-dealkylation sites (tertiary alicyclic amines) is 1. The highest BCUT2D eigenvalue weighted by Gasteiger charge is 2.36. The lowest BCUT2D eigenvalue weighted by Crippen LogP contribution is -2.43. The lowest BCUT2D eigenvalue weighted by Gasteiger charge is -2.30. The van der Waals surface area contributed by atoms with Gasteiger partial charge in [-0.25, -0.2) is 22.9 Å². The Balaban J connectivity index is 1.34. The van der Waals surface area contributed by atoms with E-state index in [4.69, 9.17) is 11.6 Å². The molecule has 0 radical (unpaired) electrons. The van der Waals surface area contributed by atoms with Crippen molar-refractivity contribution in [3.8, 4) is 0 Å². The molecule has 2 aromatic carbocycles. The first-order valence-corrected chi connectivity index (χ1v) is 13.0. The maximum Gasteiger partial charge on any atom is 0.318 e. The van der Waals surface area contributed by atoms with Gasteiger partial charge in [0.25, 0.3) is 0 Å². The van der Waals surface area contributed by atoms with Gasteiger partial charge in [0.2, 0.25) is 0 Å². The maximum absolute atomic E-state index is 13.3. The fourth-order valence-electron chi connectivity index (χ4n) is 4.67. The summed E-state index contributed by atoms with van der Waals surface area (Å²) in [7, 11) is -3.31. The van der Waals surface area contributed by atoms with Gasteiger partial charge >= 0.3 is 6.03 Å². The summed E-state index contributed by atoms with van der Waals surface area (Å²) in [5.41, 5.74) is 1.69. The highest BCUT2D eigenvalue weighted by Crippen LogP contribution is 2.34. The lowest BCUT2D eigenvalue weighted by molar-refractivity contribution is 0.185. The molecule has 0 bridgehead atoms. The highest BCUT2D eigenvalue weighted by atomic mass is 35.5. The van der Waals surface area contributed by atoms with Crippen molar-refractivity contribution in [1.29, 1.82) is 0 Å². The van der Waals surface area contributed by atoms with Gasteiger partial charge in [0.15, 0.2) is 9.84 Å². The van der Waals surface area contributed by atoms with Crippen molar-refractivity contribution in [2.75, 3.05) is 12.3 Å². The summed E-state index contributed by atoms with van der Waals surface area (Å²) in [6, 6.07) is 13.7. The molecule has 33 heavy (non-hydrogen) atoms. The molecule has 3 aromatic rings. The molecular weight excluding hydrogens is 462 g/mol. The standard InChI is InChI=1S/C23H24ClN5O3S/c24-17-9-7-16(8-10-17)14-29-22(25-15-26-29)20-5-3-12-28(20)23(30)27-19-11-13-33(31,32)21-6-2-1-4-18(19)21/h1-2,4,6-10,15,19-20H,3,5,11-14H2,(H,27,30)/t19?,20-/m1/s1. The first-order chi connectivity index (χ1) is 15.9. The fourth-order valence-corrected chi connectivity index (χ4v) is 6.41. The van der Waals surface area contributed by atoms with Crippen molar-refractivity contribution in [3.05, 3.63) is 76.8 Å². The van der Waals surface area contributed by atoms with E-state index in [1.807, 2.05) is 28.9 Å². The summed E-state index contributed by atoms with van der Waals surface area (Å²) in [4.78, 5) is 19.9. The summed E-state index contributed by atoms with van der Waals surface area (Å²) in [5.74, 6) is 0.762. The molecule has 0 aliphatic carbocycles. The van der Waals surface area contributed by atoms with Gasteiger partial charge in [0, 0.05) is 11.6 Å². The molecule has 2 aliphatic rings. The van der Waals surface area contributed by atoms with E-state index in [9.17, 15) is 13.2 Å². The SMILES string of the molecule is O=C(NC1CCS(=O)(=O)c2ccccc21)N1CCC[C@@H]1c1ncnn1Cc1ccc(Cl)cc1. The van der Waals surface area contributed by atoms with Crippen molar-refractivity contribution in [2.24, 2.45) is 0 Å². The average molecular weight is 486 g/mol. The maximum atomic E-state index is 13.3. The van der Waals surface area contributed by atoms with Crippen LogP contribution in [0.15, 0.2) is 59.8 Å². The van der Waals surface area contributed by atoms with Crippen LogP contribution in [0.25, 0.3) is 0 Å². The van der Waals surface area contributed by atoms with Crippen LogP contribution in [0.3, 0.4) is 0 Å². The number of carbonyl (C=O) groups excluding carboxylic acids is 1.